The number of amides is 10. The van der Waals surface area contributed by atoms with Crippen LogP contribution >= 0.6 is 0 Å². The van der Waals surface area contributed by atoms with Gasteiger partial charge in [-0.1, -0.05) is 117 Å². The highest BCUT2D eigenvalue weighted by Crippen LogP contribution is 2.29. The Morgan fingerprint density at radius 3 is 1.91 bits per heavy atom. The zero-order chi connectivity index (χ0) is 58.0. The van der Waals surface area contributed by atoms with Crippen LogP contribution in [0, 0.1) is 17.3 Å². The van der Waals surface area contributed by atoms with E-state index in [9.17, 15) is 51.6 Å². The molecule has 1 aliphatic rings. The molecular weight excluding hydrogens is 1010 g/mol. The smallest absolute Gasteiger partial charge is 0.312 e. The highest BCUT2D eigenvalue weighted by molar-refractivity contribution is 7.89. The van der Waals surface area contributed by atoms with Gasteiger partial charge in [-0.2, -0.15) is 0 Å². The van der Waals surface area contributed by atoms with Gasteiger partial charge in [-0.15, -0.1) is 0 Å². The Hall–Kier alpha value is -6.94. The molecule has 0 fully saturated rings. The maximum atomic E-state index is 14.4. The van der Waals surface area contributed by atoms with E-state index in [1.165, 1.54) is 54.3 Å². The fourth-order valence-electron chi connectivity index (χ4n) is 8.77. The van der Waals surface area contributed by atoms with Crippen LogP contribution in [0.15, 0.2) is 78.4 Å². The van der Waals surface area contributed by atoms with Gasteiger partial charge in [-0.25, -0.2) is 17.9 Å². The Morgan fingerprint density at radius 2 is 1.36 bits per heavy atom. The maximum Gasteiger partial charge on any atom is 0.312 e. The van der Waals surface area contributed by atoms with Gasteiger partial charge in [0.05, 0.1) is 17.8 Å². The summed E-state index contributed by atoms with van der Waals surface area (Å²) in [6.07, 6.45) is 5.81. The molecule has 9 N–H and O–H groups in total. The minimum Gasteiger partial charge on any atom is -0.352 e. The van der Waals surface area contributed by atoms with Crippen LogP contribution in [-0.4, -0.2) is 129 Å². The summed E-state index contributed by atoms with van der Waals surface area (Å²) >= 11 is 0. The number of rotatable bonds is 29. The van der Waals surface area contributed by atoms with Crippen LogP contribution in [0.25, 0.3) is 0 Å². The first-order valence-corrected chi connectivity index (χ1v) is 27.6. The average Bonchev–Trinajstić information content (AvgIpc) is 3.66. The molecule has 5 unspecified atom stereocenters. The number of nitrogens with zero attached hydrogens (tertiary/aromatic N) is 2. The van der Waals surface area contributed by atoms with Crippen molar-refractivity contribution >= 4 is 69.0 Å². The van der Waals surface area contributed by atoms with Gasteiger partial charge in [0.2, 0.25) is 39.6 Å². The standard InChI is InChI=1S/C55H82N10O11S/c1-34(2)41(64(12)52(73)47(54(6,7)8)62-51(72)46(57-11)55(9,10)38-20-15-13-16-21-38)32-36(5)48(69)63-77(75,76)33-37-24-26-39(27-25-37)59-49(70)40(22-19-30-58-53(56)74)60-50(71)45(35(3)4)61-42(66)23-17-14-18-31-65-43(67)28-29-44(65)68/h13,15-16,20-21,24-29,32,34-35,40-41,45-47,57H,14,17-19,22-23,30-31,33H2,1-12H3,(H,59,70)(H,60,71)(H,61,66)(H,62,72)(H,63,69)(H3,56,58,74). The molecule has 2 aromatic rings. The zero-order valence-electron chi connectivity index (χ0n) is 46.7. The predicted molar refractivity (Wildman–Crippen MR) is 295 cm³/mol. The molecule has 0 aromatic heterocycles. The van der Waals surface area contributed by atoms with E-state index in [2.05, 4.69) is 36.6 Å². The van der Waals surface area contributed by atoms with Crippen molar-refractivity contribution in [3.63, 3.8) is 0 Å². The van der Waals surface area contributed by atoms with Crippen LogP contribution < -0.4 is 42.4 Å². The first kappa shape index (κ1) is 64.3. The van der Waals surface area contributed by atoms with Crippen molar-refractivity contribution in [2.45, 2.75) is 149 Å². The van der Waals surface area contributed by atoms with Crippen molar-refractivity contribution in [2.75, 3.05) is 32.5 Å². The topological polar surface area (TPSA) is 304 Å². The minimum atomic E-state index is -4.29. The molecule has 0 saturated heterocycles. The number of urea groups is 1. The van der Waals surface area contributed by atoms with E-state index in [1.54, 1.807) is 27.9 Å². The highest BCUT2D eigenvalue weighted by atomic mass is 32.2. The van der Waals surface area contributed by atoms with Gasteiger partial charge in [0.1, 0.15) is 18.1 Å². The lowest BCUT2D eigenvalue weighted by atomic mass is 9.76. The van der Waals surface area contributed by atoms with Crippen LogP contribution in [0.4, 0.5) is 10.5 Å². The second-order valence-corrected chi connectivity index (χ2v) is 23.5. The number of benzene rings is 2. The molecule has 424 valence electrons. The Labute approximate surface area is 454 Å². The Balaban J connectivity index is 1.67. The quantitative estimate of drug-likeness (QED) is 0.0329. The second kappa shape index (κ2) is 29.0. The van der Waals surface area contributed by atoms with Crippen LogP contribution in [0.2, 0.25) is 0 Å². The summed E-state index contributed by atoms with van der Waals surface area (Å²) in [5, 5.41) is 16.7. The lowest BCUT2D eigenvalue weighted by Gasteiger charge is -2.40. The first-order valence-electron chi connectivity index (χ1n) is 26.0. The molecule has 0 aliphatic carbocycles. The number of nitrogens with one attached hydrogen (secondary N) is 7. The second-order valence-electron chi connectivity index (χ2n) is 21.8. The van der Waals surface area contributed by atoms with E-state index in [0.29, 0.717) is 19.3 Å². The molecule has 2 aromatic carbocycles. The summed E-state index contributed by atoms with van der Waals surface area (Å²) in [5.74, 6) is -5.32. The van der Waals surface area contributed by atoms with Gasteiger partial charge >= 0.3 is 6.03 Å². The number of imide groups is 1. The third-order valence-electron chi connectivity index (χ3n) is 13.3. The monoisotopic (exact) mass is 1090 g/mol. The summed E-state index contributed by atoms with van der Waals surface area (Å²) < 4.78 is 28.9. The maximum absolute atomic E-state index is 14.4. The molecule has 1 heterocycles. The van der Waals surface area contributed by atoms with Crippen molar-refractivity contribution in [3.05, 3.63) is 89.5 Å². The van der Waals surface area contributed by atoms with Crippen molar-refractivity contribution in [1.29, 1.82) is 0 Å². The SMILES string of the molecule is CNC(C(=O)NC(C(=O)N(C)C(C=C(C)C(=O)NS(=O)(=O)Cc1ccc(NC(=O)C(CCCNC(N)=O)NC(=O)C(NC(=O)CCCCCN2C(=O)C=CC2=O)C(C)C)cc1)C(C)C)C(C)(C)C)C(C)(C)c1ccccc1. The molecule has 1 aliphatic heterocycles. The lowest BCUT2D eigenvalue weighted by Crippen LogP contribution is -2.61. The predicted octanol–water partition coefficient (Wildman–Crippen LogP) is 3.66. The van der Waals surface area contributed by atoms with Crippen LogP contribution in [0.3, 0.4) is 0 Å². The molecule has 0 spiro atoms. The van der Waals surface area contributed by atoms with Gasteiger partial charge in [0, 0.05) is 55.4 Å². The van der Waals surface area contributed by atoms with E-state index < -0.39 is 92.4 Å². The van der Waals surface area contributed by atoms with E-state index in [4.69, 9.17) is 5.73 Å². The molecule has 21 nitrogen and oxygen atoms in total. The van der Waals surface area contributed by atoms with E-state index in [1.807, 2.05) is 78.8 Å². The number of hydrogen-bond acceptors (Lipinski definition) is 12. The van der Waals surface area contributed by atoms with Crippen molar-refractivity contribution < 1.29 is 51.6 Å². The summed E-state index contributed by atoms with van der Waals surface area (Å²) in [6, 6.07) is 10.1. The molecule has 5 atom stereocenters. The molecule has 22 heteroatoms. The number of nitrogens with two attached hydrogens (primary N) is 1. The minimum absolute atomic E-state index is 0.0353. The normalized spacial score (nSPS) is 15.0. The first-order chi connectivity index (χ1) is 35.9. The lowest BCUT2D eigenvalue weighted by molar-refractivity contribution is -0.141. The van der Waals surface area contributed by atoms with Gasteiger partial charge < -0.3 is 42.5 Å². The van der Waals surface area contributed by atoms with Crippen molar-refractivity contribution in [3.8, 4) is 0 Å². The highest BCUT2D eigenvalue weighted by Gasteiger charge is 2.42. The Kier molecular flexibility index (Phi) is 24.2. The zero-order valence-corrected chi connectivity index (χ0v) is 47.5. The van der Waals surface area contributed by atoms with Crippen LogP contribution in [0.1, 0.15) is 119 Å². The summed E-state index contributed by atoms with van der Waals surface area (Å²) in [5.41, 5.74) is 5.31. The summed E-state index contributed by atoms with van der Waals surface area (Å²) in [7, 11) is -1.01. The Bertz CT molecular complexity index is 2580. The molecule has 3 rings (SSSR count). The number of likely N-dealkylation sites (N-methyl/N-ethyl adjacent to an activating group) is 2. The average molecular weight is 1090 g/mol. The number of carbonyl (C=O) groups excluding carboxylic acids is 9. The fraction of sp³-hybridized carbons (Fsp3) is 0.545. The van der Waals surface area contributed by atoms with Crippen LogP contribution in [0.5, 0.6) is 0 Å². The molecule has 0 saturated carbocycles. The van der Waals surface area contributed by atoms with E-state index in [0.717, 1.165) is 10.5 Å². The number of carbonyl (C=O) groups is 9. The molecule has 0 bridgehead atoms. The number of hydrogen-bond donors (Lipinski definition) is 8. The van der Waals surface area contributed by atoms with Gasteiger partial charge in [-0.05, 0) is 80.2 Å². The van der Waals surface area contributed by atoms with Gasteiger partial charge in [0.25, 0.3) is 17.7 Å². The third kappa shape index (κ3) is 19.9. The number of unbranched alkanes of at least 4 members (excludes halogenated alkanes) is 2. The van der Waals surface area contributed by atoms with Crippen molar-refractivity contribution in [2.24, 2.45) is 23.0 Å². The Morgan fingerprint density at radius 1 is 0.753 bits per heavy atom. The molecule has 0 radical (unpaired) electrons. The molecule has 10 amide bonds. The van der Waals surface area contributed by atoms with E-state index in [-0.39, 0.29) is 78.7 Å². The summed E-state index contributed by atoms with van der Waals surface area (Å²) in [6.45, 7) is 18.4. The van der Waals surface area contributed by atoms with Crippen LogP contribution in [-0.2, 0) is 59.5 Å². The van der Waals surface area contributed by atoms with Gasteiger partial charge in [-0.3, -0.25) is 43.3 Å². The number of primary amides is 1. The van der Waals surface area contributed by atoms with E-state index >= 15 is 0 Å². The molecule has 77 heavy (non-hydrogen) atoms. The number of sulfonamides is 1. The van der Waals surface area contributed by atoms with Crippen molar-refractivity contribution in [1.82, 2.24) is 41.1 Å². The molecular formula is C55H82N10O11S. The van der Waals surface area contributed by atoms with Gasteiger partial charge in [0.15, 0.2) is 0 Å². The third-order valence-corrected chi connectivity index (χ3v) is 14.5. The fourth-order valence-corrected chi connectivity index (χ4v) is 9.91. The number of anilines is 1. The largest absolute Gasteiger partial charge is 0.352 e. The summed E-state index contributed by atoms with van der Waals surface area (Å²) in [4.78, 5) is 120.